The number of rotatable bonds is 0. The number of hydrogen-bond donors (Lipinski definition) is 1. The average Bonchev–Trinajstić information content (AvgIpc) is 1.82. The second kappa shape index (κ2) is 2.43. The molecule has 3 N–H and O–H groups in total. The van der Waals surface area contributed by atoms with Crippen molar-refractivity contribution in [3.05, 3.63) is 28.8 Å². The Morgan fingerprint density at radius 2 is 1.40 bits per heavy atom. The number of benzene rings is 1. The molecule has 0 fully saturated rings. The van der Waals surface area contributed by atoms with E-state index >= 15 is 0 Å². The van der Waals surface area contributed by atoms with Gasteiger partial charge in [-0.3, -0.25) is 0 Å². The molecule has 1 nitrogen and oxygen atoms in total. The Morgan fingerprint density at radius 3 is 1.80 bits per heavy atom. The van der Waals surface area contributed by atoms with E-state index in [0.717, 1.165) is 0 Å². The molecule has 1 rings (SSSR count). The molecule has 0 saturated carbocycles. The second-order valence-corrected chi connectivity index (χ2v) is 2.88. The third-order valence-electron chi connectivity index (χ3n) is 1.84. The molecule has 0 amide bonds. The maximum absolute atomic E-state index is 3.96. The summed E-state index contributed by atoms with van der Waals surface area (Å²) in [5.74, 6) is 0. The molecule has 0 radical (unpaired) electrons. The summed E-state index contributed by atoms with van der Waals surface area (Å²) in [5, 5.41) is 0. The van der Waals surface area contributed by atoms with E-state index in [9.17, 15) is 0 Å². The molecular formula is C9H14N+. The minimum atomic E-state index is 1.17. The van der Waals surface area contributed by atoms with Gasteiger partial charge < -0.3 is 5.73 Å². The predicted octanol–water partition coefficient (Wildman–Crippen LogP) is 1.49. The summed E-state index contributed by atoms with van der Waals surface area (Å²) < 4.78 is 0. The highest BCUT2D eigenvalue weighted by Crippen LogP contribution is 2.15. The van der Waals surface area contributed by atoms with E-state index in [1.807, 2.05) is 0 Å². The van der Waals surface area contributed by atoms with Gasteiger partial charge in [-0.15, -0.1) is 0 Å². The molecule has 0 aliphatic rings. The molecule has 1 heteroatoms. The highest BCUT2D eigenvalue weighted by Gasteiger charge is 2.00. The van der Waals surface area contributed by atoms with Crippen LogP contribution in [0, 0.1) is 20.8 Å². The molecule has 0 spiro atoms. The van der Waals surface area contributed by atoms with Gasteiger partial charge in [-0.05, 0) is 20.8 Å². The third kappa shape index (κ3) is 1.19. The van der Waals surface area contributed by atoms with Gasteiger partial charge in [-0.2, -0.15) is 0 Å². The molecule has 0 atom stereocenters. The first-order valence-electron chi connectivity index (χ1n) is 3.51. The monoisotopic (exact) mass is 136 g/mol. The van der Waals surface area contributed by atoms with Crippen molar-refractivity contribution < 1.29 is 5.73 Å². The minimum absolute atomic E-state index is 1.17. The smallest absolute Gasteiger partial charge is 0.133 e. The molecule has 0 aliphatic heterocycles. The van der Waals surface area contributed by atoms with Crippen molar-refractivity contribution in [3.8, 4) is 0 Å². The zero-order valence-corrected chi connectivity index (χ0v) is 6.86. The van der Waals surface area contributed by atoms with E-state index in [4.69, 9.17) is 0 Å². The predicted molar refractivity (Wildman–Crippen MR) is 43.2 cm³/mol. The molecule has 0 aromatic heterocycles. The van der Waals surface area contributed by atoms with Gasteiger partial charge in [0.1, 0.15) is 5.69 Å². The zero-order valence-electron chi connectivity index (χ0n) is 6.86. The third-order valence-corrected chi connectivity index (χ3v) is 1.84. The quantitative estimate of drug-likeness (QED) is 0.559. The Bertz CT molecular complexity index is 228. The Balaban J connectivity index is 3.31. The average molecular weight is 136 g/mol. The summed E-state index contributed by atoms with van der Waals surface area (Å²) in [4.78, 5) is 0. The summed E-state index contributed by atoms with van der Waals surface area (Å²) in [7, 11) is 0. The van der Waals surface area contributed by atoms with E-state index in [0.29, 0.717) is 0 Å². The van der Waals surface area contributed by atoms with Crippen molar-refractivity contribution in [2.75, 3.05) is 0 Å². The molecule has 0 bridgehead atoms. The van der Waals surface area contributed by atoms with Crippen LogP contribution in [-0.4, -0.2) is 0 Å². The van der Waals surface area contributed by atoms with Gasteiger partial charge in [0, 0.05) is 11.1 Å². The normalized spacial score (nSPS) is 10.0. The Labute approximate surface area is 61.9 Å². The number of quaternary nitrogens is 1. The van der Waals surface area contributed by atoms with Crippen molar-refractivity contribution in [1.82, 2.24) is 0 Å². The fraction of sp³-hybridized carbons (Fsp3) is 0.333. The van der Waals surface area contributed by atoms with Crippen LogP contribution in [0.5, 0.6) is 0 Å². The van der Waals surface area contributed by atoms with Crippen LogP contribution in [0.2, 0.25) is 0 Å². The van der Waals surface area contributed by atoms with Crippen molar-refractivity contribution >= 4 is 5.69 Å². The first-order chi connectivity index (χ1) is 4.61. The lowest BCUT2D eigenvalue weighted by Gasteiger charge is -2.00. The standard InChI is InChI=1S/C9H13N/c1-6-4-7(2)9(10)8(3)5-6/h4-5H,10H2,1-3H3/p+1. The van der Waals surface area contributed by atoms with Crippen LogP contribution in [0.4, 0.5) is 5.69 Å². The summed E-state index contributed by atoms with van der Waals surface area (Å²) >= 11 is 0. The molecular weight excluding hydrogens is 122 g/mol. The van der Waals surface area contributed by atoms with Crippen LogP contribution in [0.1, 0.15) is 16.7 Å². The van der Waals surface area contributed by atoms with Crippen LogP contribution in [-0.2, 0) is 0 Å². The van der Waals surface area contributed by atoms with Crippen molar-refractivity contribution in [3.63, 3.8) is 0 Å². The fourth-order valence-corrected chi connectivity index (χ4v) is 1.21. The molecule has 0 aliphatic carbocycles. The fourth-order valence-electron chi connectivity index (χ4n) is 1.21. The highest BCUT2D eigenvalue weighted by atomic mass is 14.6. The van der Waals surface area contributed by atoms with E-state index < -0.39 is 0 Å². The van der Waals surface area contributed by atoms with Crippen LogP contribution < -0.4 is 5.73 Å². The topological polar surface area (TPSA) is 27.6 Å². The zero-order chi connectivity index (χ0) is 7.72. The van der Waals surface area contributed by atoms with Gasteiger partial charge in [-0.1, -0.05) is 17.7 Å². The maximum atomic E-state index is 3.96. The molecule has 10 heavy (non-hydrogen) atoms. The van der Waals surface area contributed by atoms with E-state index in [2.05, 4.69) is 38.6 Å². The lowest BCUT2D eigenvalue weighted by molar-refractivity contribution is -0.256. The van der Waals surface area contributed by atoms with Crippen LogP contribution >= 0.6 is 0 Å². The van der Waals surface area contributed by atoms with Crippen molar-refractivity contribution in [1.29, 1.82) is 0 Å². The Morgan fingerprint density at radius 1 is 1.00 bits per heavy atom. The molecule has 0 saturated heterocycles. The SMILES string of the molecule is Cc1cc(C)c([NH3+])c(C)c1. The van der Waals surface area contributed by atoms with Gasteiger partial charge in [0.05, 0.1) is 0 Å². The first-order valence-corrected chi connectivity index (χ1v) is 3.51. The maximum Gasteiger partial charge on any atom is 0.133 e. The second-order valence-electron chi connectivity index (χ2n) is 2.88. The van der Waals surface area contributed by atoms with Crippen LogP contribution in [0.25, 0.3) is 0 Å². The molecule has 1 aromatic rings. The van der Waals surface area contributed by atoms with E-state index in [-0.39, 0.29) is 0 Å². The van der Waals surface area contributed by atoms with Gasteiger partial charge in [0.15, 0.2) is 0 Å². The largest absolute Gasteiger partial charge is 0.325 e. The summed E-state index contributed by atoms with van der Waals surface area (Å²) in [6.07, 6.45) is 0. The molecule has 0 heterocycles. The van der Waals surface area contributed by atoms with E-state index in [1.54, 1.807) is 0 Å². The van der Waals surface area contributed by atoms with Gasteiger partial charge >= 0.3 is 0 Å². The molecule has 0 unspecified atom stereocenters. The van der Waals surface area contributed by atoms with Gasteiger partial charge in [-0.25, -0.2) is 0 Å². The Hall–Kier alpha value is -0.820. The molecule has 1 aromatic carbocycles. The summed E-state index contributed by atoms with van der Waals surface area (Å²) in [5.41, 5.74) is 9.03. The van der Waals surface area contributed by atoms with Crippen molar-refractivity contribution in [2.45, 2.75) is 20.8 Å². The molecule has 54 valence electrons. The highest BCUT2D eigenvalue weighted by molar-refractivity contribution is 5.47. The summed E-state index contributed by atoms with van der Waals surface area (Å²) in [6, 6.07) is 4.32. The van der Waals surface area contributed by atoms with Crippen LogP contribution in [0.15, 0.2) is 12.1 Å². The van der Waals surface area contributed by atoms with Crippen molar-refractivity contribution in [2.24, 2.45) is 0 Å². The summed E-state index contributed by atoms with van der Waals surface area (Å²) in [6.45, 7) is 6.31. The van der Waals surface area contributed by atoms with Gasteiger partial charge in [0.2, 0.25) is 0 Å². The number of hydrogen-bond acceptors (Lipinski definition) is 0. The lowest BCUT2D eigenvalue weighted by atomic mass is 10.1. The number of aryl methyl sites for hydroxylation is 3. The van der Waals surface area contributed by atoms with E-state index in [1.165, 1.54) is 22.4 Å². The minimum Gasteiger partial charge on any atom is -0.325 e. The van der Waals surface area contributed by atoms with Gasteiger partial charge in [0.25, 0.3) is 0 Å². The lowest BCUT2D eigenvalue weighted by Crippen LogP contribution is -2.42. The Kier molecular flexibility index (Phi) is 1.77. The van der Waals surface area contributed by atoms with Crippen LogP contribution in [0.3, 0.4) is 0 Å². The first kappa shape index (κ1) is 7.29.